The average Bonchev–Trinajstić information content (AvgIpc) is 3.18. The summed E-state index contributed by atoms with van der Waals surface area (Å²) in [5.74, 6) is -0.369. The average molecular weight is 264 g/mol. The van der Waals surface area contributed by atoms with Gasteiger partial charge >= 0.3 is 0 Å². The Morgan fingerprint density at radius 1 is 1.53 bits per heavy atom. The third-order valence-corrected chi connectivity index (χ3v) is 3.24. The fourth-order valence-electron chi connectivity index (χ4n) is 2.17. The largest absolute Gasteiger partial charge is 0.395 e. The SMILES string of the molecule is Cc1cccc(C(=O)N(CCO)C2CC2)c1[N+](=O)[O-]. The number of nitro benzene ring substituents is 1. The lowest BCUT2D eigenvalue weighted by atomic mass is 10.1. The first-order valence-electron chi connectivity index (χ1n) is 6.22. The van der Waals surface area contributed by atoms with Crippen molar-refractivity contribution in [3.05, 3.63) is 39.4 Å². The molecule has 0 aromatic heterocycles. The van der Waals surface area contributed by atoms with E-state index >= 15 is 0 Å². The highest BCUT2D eigenvalue weighted by atomic mass is 16.6. The van der Waals surface area contributed by atoms with Crippen LogP contribution in [0.2, 0.25) is 0 Å². The number of amides is 1. The molecule has 6 nitrogen and oxygen atoms in total. The van der Waals surface area contributed by atoms with Crippen LogP contribution in [0, 0.1) is 17.0 Å². The normalized spacial score (nSPS) is 14.2. The molecule has 0 aliphatic heterocycles. The molecule has 6 heteroatoms. The van der Waals surface area contributed by atoms with Crippen LogP contribution in [0.5, 0.6) is 0 Å². The van der Waals surface area contributed by atoms with Crippen LogP contribution in [0.4, 0.5) is 5.69 Å². The van der Waals surface area contributed by atoms with E-state index in [-0.39, 0.29) is 36.4 Å². The van der Waals surface area contributed by atoms with Crippen molar-refractivity contribution >= 4 is 11.6 Å². The summed E-state index contributed by atoms with van der Waals surface area (Å²) in [5.41, 5.74) is 0.428. The zero-order chi connectivity index (χ0) is 14.0. The molecular weight excluding hydrogens is 248 g/mol. The van der Waals surface area contributed by atoms with Crippen molar-refractivity contribution in [1.82, 2.24) is 4.90 Å². The summed E-state index contributed by atoms with van der Waals surface area (Å²) in [5, 5.41) is 20.1. The van der Waals surface area contributed by atoms with Gasteiger partial charge in [0.05, 0.1) is 11.5 Å². The maximum atomic E-state index is 12.4. The summed E-state index contributed by atoms with van der Waals surface area (Å²) in [6.07, 6.45) is 1.79. The number of carbonyl (C=O) groups excluding carboxylic acids is 1. The molecule has 1 aliphatic rings. The molecular formula is C13H16N2O4. The molecule has 0 spiro atoms. The Labute approximate surface area is 110 Å². The van der Waals surface area contributed by atoms with Crippen LogP contribution < -0.4 is 0 Å². The molecule has 0 atom stereocenters. The molecule has 1 fully saturated rings. The van der Waals surface area contributed by atoms with E-state index in [0.29, 0.717) is 5.56 Å². The predicted molar refractivity (Wildman–Crippen MR) is 69.0 cm³/mol. The number of hydrogen-bond donors (Lipinski definition) is 1. The molecule has 1 aromatic carbocycles. The Morgan fingerprint density at radius 3 is 2.74 bits per heavy atom. The number of nitro groups is 1. The van der Waals surface area contributed by atoms with Gasteiger partial charge < -0.3 is 10.0 Å². The molecule has 0 heterocycles. The van der Waals surface area contributed by atoms with Crippen molar-refractivity contribution in [2.75, 3.05) is 13.2 Å². The number of aliphatic hydroxyl groups is 1. The van der Waals surface area contributed by atoms with Gasteiger partial charge in [0.15, 0.2) is 0 Å². The summed E-state index contributed by atoms with van der Waals surface area (Å²) < 4.78 is 0. The van der Waals surface area contributed by atoms with E-state index in [1.54, 1.807) is 19.1 Å². The quantitative estimate of drug-likeness (QED) is 0.645. The zero-order valence-corrected chi connectivity index (χ0v) is 10.7. The second-order valence-corrected chi connectivity index (χ2v) is 4.68. The number of rotatable bonds is 5. The lowest BCUT2D eigenvalue weighted by Gasteiger charge is -2.21. The van der Waals surface area contributed by atoms with Crippen LogP contribution in [0.1, 0.15) is 28.8 Å². The van der Waals surface area contributed by atoms with Crippen LogP contribution in [0.25, 0.3) is 0 Å². The van der Waals surface area contributed by atoms with Crippen molar-refractivity contribution in [3.8, 4) is 0 Å². The molecule has 1 aromatic rings. The molecule has 0 unspecified atom stereocenters. The van der Waals surface area contributed by atoms with Crippen molar-refractivity contribution < 1.29 is 14.8 Å². The van der Waals surface area contributed by atoms with E-state index < -0.39 is 4.92 Å². The second-order valence-electron chi connectivity index (χ2n) is 4.68. The smallest absolute Gasteiger partial charge is 0.285 e. The van der Waals surface area contributed by atoms with Crippen molar-refractivity contribution in [2.45, 2.75) is 25.8 Å². The highest BCUT2D eigenvalue weighted by Crippen LogP contribution is 2.31. The van der Waals surface area contributed by atoms with E-state index in [9.17, 15) is 14.9 Å². The molecule has 19 heavy (non-hydrogen) atoms. The lowest BCUT2D eigenvalue weighted by molar-refractivity contribution is -0.385. The fraction of sp³-hybridized carbons (Fsp3) is 0.462. The highest BCUT2D eigenvalue weighted by Gasteiger charge is 2.35. The van der Waals surface area contributed by atoms with E-state index in [1.165, 1.54) is 11.0 Å². The van der Waals surface area contributed by atoms with Crippen LogP contribution in [-0.2, 0) is 0 Å². The van der Waals surface area contributed by atoms with Crippen molar-refractivity contribution in [1.29, 1.82) is 0 Å². The number of benzene rings is 1. The van der Waals surface area contributed by atoms with Crippen molar-refractivity contribution in [3.63, 3.8) is 0 Å². The molecule has 1 saturated carbocycles. The molecule has 0 radical (unpaired) electrons. The number of para-hydroxylation sites is 1. The fourth-order valence-corrected chi connectivity index (χ4v) is 2.17. The topological polar surface area (TPSA) is 83.7 Å². The van der Waals surface area contributed by atoms with Gasteiger partial charge in [-0.05, 0) is 25.8 Å². The molecule has 1 amide bonds. The van der Waals surface area contributed by atoms with E-state index in [1.807, 2.05) is 0 Å². The van der Waals surface area contributed by atoms with Gasteiger partial charge in [0.2, 0.25) is 0 Å². The maximum absolute atomic E-state index is 12.4. The number of nitrogens with zero attached hydrogens (tertiary/aromatic N) is 2. The Bertz CT molecular complexity index is 511. The zero-order valence-electron chi connectivity index (χ0n) is 10.7. The molecule has 0 saturated heterocycles. The summed E-state index contributed by atoms with van der Waals surface area (Å²) in [7, 11) is 0. The van der Waals surface area contributed by atoms with Crippen molar-refractivity contribution in [2.24, 2.45) is 0 Å². The van der Waals surface area contributed by atoms with Gasteiger partial charge in [-0.1, -0.05) is 12.1 Å². The monoisotopic (exact) mass is 264 g/mol. The molecule has 1 N–H and O–H groups in total. The minimum absolute atomic E-state index is 0.102. The van der Waals surface area contributed by atoms with Gasteiger partial charge in [-0.2, -0.15) is 0 Å². The first-order valence-corrected chi connectivity index (χ1v) is 6.22. The van der Waals surface area contributed by atoms with Crippen LogP contribution >= 0.6 is 0 Å². The first kappa shape index (κ1) is 13.5. The third kappa shape index (κ3) is 2.73. The van der Waals surface area contributed by atoms with Crippen LogP contribution in [0.3, 0.4) is 0 Å². The van der Waals surface area contributed by atoms with Gasteiger partial charge in [0.1, 0.15) is 5.56 Å². The predicted octanol–water partition coefficient (Wildman–Crippen LogP) is 1.50. The molecule has 102 valence electrons. The van der Waals surface area contributed by atoms with Gasteiger partial charge in [0, 0.05) is 18.2 Å². The summed E-state index contributed by atoms with van der Waals surface area (Å²) in [4.78, 5) is 24.5. The first-order chi connectivity index (χ1) is 9.06. The number of aliphatic hydroxyl groups excluding tert-OH is 1. The number of hydrogen-bond acceptors (Lipinski definition) is 4. The lowest BCUT2D eigenvalue weighted by Crippen LogP contribution is -2.35. The van der Waals surface area contributed by atoms with Gasteiger partial charge in [-0.25, -0.2) is 0 Å². The highest BCUT2D eigenvalue weighted by molar-refractivity contribution is 5.99. The Kier molecular flexibility index (Phi) is 3.80. The van der Waals surface area contributed by atoms with Crippen LogP contribution in [-0.4, -0.2) is 40.0 Å². The Morgan fingerprint density at radius 2 is 2.21 bits per heavy atom. The summed E-state index contributed by atoms with van der Waals surface area (Å²) >= 11 is 0. The van der Waals surface area contributed by atoms with Gasteiger partial charge in [0.25, 0.3) is 11.6 Å². The maximum Gasteiger partial charge on any atom is 0.285 e. The van der Waals surface area contributed by atoms with Gasteiger partial charge in [-0.3, -0.25) is 14.9 Å². The van der Waals surface area contributed by atoms with E-state index in [2.05, 4.69) is 0 Å². The molecule has 0 bridgehead atoms. The minimum Gasteiger partial charge on any atom is -0.395 e. The Balaban J connectivity index is 2.37. The summed E-state index contributed by atoms with van der Waals surface area (Å²) in [6, 6.07) is 4.84. The van der Waals surface area contributed by atoms with E-state index in [0.717, 1.165) is 12.8 Å². The van der Waals surface area contributed by atoms with Crippen LogP contribution in [0.15, 0.2) is 18.2 Å². The van der Waals surface area contributed by atoms with Gasteiger partial charge in [-0.15, -0.1) is 0 Å². The Hall–Kier alpha value is -1.95. The molecule has 1 aliphatic carbocycles. The number of aryl methyl sites for hydroxylation is 1. The third-order valence-electron chi connectivity index (χ3n) is 3.24. The van der Waals surface area contributed by atoms with E-state index in [4.69, 9.17) is 5.11 Å². The standard InChI is InChI=1S/C13H16N2O4/c1-9-3-2-4-11(12(9)15(18)19)13(17)14(7-8-16)10-5-6-10/h2-4,10,16H,5-8H2,1H3. The second kappa shape index (κ2) is 5.36. The number of carbonyl (C=O) groups is 1. The summed E-state index contributed by atoms with van der Waals surface area (Å²) in [6.45, 7) is 1.69. The molecule has 2 rings (SSSR count). The minimum atomic E-state index is -0.521.